The fourth-order valence-electron chi connectivity index (χ4n) is 3.07. The van der Waals surface area contributed by atoms with Gasteiger partial charge in [-0.1, -0.05) is 22.4 Å². The smallest absolute Gasteiger partial charge is 0.263 e. The van der Waals surface area contributed by atoms with E-state index in [1.165, 1.54) is 6.33 Å². The van der Waals surface area contributed by atoms with Crippen molar-refractivity contribution >= 4 is 22.6 Å². The van der Waals surface area contributed by atoms with Crippen molar-refractivity contribution in [2.24, 2.45) is 0 Å². The van der Waals surface area contributed by atoms with Gasteiger partial charge in [-0.3, -0.25) is 0 Å². The SMILES string of the molecule is COc1cccc(-c2noc3ncnc(Nc4ccc(-c5ccno5)cc4)c23)c1. The third-order valence-electron chi connectivity index (χ3n) is 4.49. The Morgan fingerprint density at radius 1 is 0.931 bits per heavy atom. The Morgan fingerprint density at radius 3 is 2.62 bits per heavy atom. The van der Waals surface area contributed by atoms with E-state index in [0.29, 0.717) is 28.4 Å². The van der Waals surface area contributed by atoms with Crippen molar-refractivity contribution in [3.05, 3.63) is 67.1 Å². The molecule has 1 N–H and O–H groups in total. The quantitative estimate of drug-likeness (QED) is 0.465. The minimum atomic E-state index is 0.401. The molecule has 0 aliphatic carbocycles. The highest BCUT2D eigenvalue weighted by Crippen LogP contribution is 2.34. The molecule has 3 aromatic heterocycles. The lowest BCUT2D eigenvalue weighted by atomic mass is 10.1. The third kappa shape index (κ3) is 3.16. The molecule has 0 unspecified atom stereocenters. The van der Waals surface area contributed by atoms with Crippen LogP contribution in [-0.2, 0) is 0 Å². The van der Waals surface area contributed by atoms with E-state index >= 15 is 0 Å². The summed E-state index contributed by atoms with van der Waals surface area (Å²) < 4.78 is 15.9. The van der Waals surface area contributed by atoms with Gasteiger partial charge in [-0.25, -0.2) is 4.98 Å². The number of methoxy groups -OCH3 is 1. The minimum absolute atomic E-state index is 0.401. The van der Waals surface area contributed by atoms with E-state index in [-0.39, 0.29) is 0 Å². The minimum Gasteiger partial charge on any atom is -0.497 e. The fourth-order valence-corrected chi connectivity index (χ4v) is 3.07. The first-order valence-electron chi connectivity index (χ1n) is 8.85. The van der Waals surface area contributed by atoms with E-state index in [2.05, 4.69) is 25.6 Å². The summed E-state index contributed by atoms with van der Waals surface area (Å²) in [6.07, 6.45) is 3.05. The second-order valence-electron chi connectivity index (χ2n) is 6.24. The average Bonchev–Trinajstić information content (AvgIpc) is 3.45. The average molecular weight is 385 g/mol. The Labute approximate surface area is 165 Å². The first kappa shape index (κ1) is 16.9. The zero-order chi connectivity index (χ0) is 19.6. The number of nitrogens with zero attached hydrogens (tertiary/aromatic N) is 4. The van der Waals surface area contributed by atoms with Crippen molar-refractivity contribution in [1.29, 1.82) is 0 Å². The Balaban J connectivity index is 1.53. The molecule has 0 amide bonds. The number of hydrogen-bond donors (Lipinski definition) is 1. The van der Waals surface area contributed by atoms with Gasteiger partial charge in [-0.15, -0.1) is 0 Å². The van der Waals surface area contributed by atoms with E-state index < -0.39 is 0 Å². The molecule has 0 radical (unpaired) electrons. The Hall–Kier alpha value is -4.20. The molecule has 0 saturated heterocycles. The van der Waals surface area contributed by atoms with Gasteiger partial charge in [-0.05, 0) is 36.4 Å². The zero-order valence-corrected chi connectivity index (χ0v) is 15.4. The van der Waals surface area contributed by atoms with Crippen molar-refractivity contribution in [3.63, 3.8) is 0 Å². The van der Waals surface area contributed by atoms with Crippen LogP contribution in [-0.4, -0.2) is 27.4 Å². The molecular formula is C21H15N5O3. The highest BCUT2D eigenvalue weighted by molar-refractivity contribution is 5.98. The number of fused-ring (bicyclic) bond motifs is 1. The van der Waals surface area contributed by atoms with Gasteiger partial charge < -0.3 is 19.1 Å². The van der Waals surface area contributed by atoms with Crippen molar-refractivity contribution in [1.82, 2.24) is 20.3 Å². The van der Waals surface area contributed by atoms with Gasteiger partial charge in [0.1, 0.15) is 29.0 Å². The molecule has 8 nitrogen and oxygen atoms in total. The molecular weight excluding hydrogens is 370 g/mol. The first-order valence-corrected chi connectivity index (χ1v) is 8.85. The summed E-state index contributed by atoms with van der Waals surface area (Å²) in [5.41, 5.74) is 3.68. The van der Waals surface area contributed by atoms with Crippen molar-refractivity contribution in [2.75, 3.05) is 12.4 Å². The molecule has 29 heavy (non-hydrogen) atoms. The Morgan fingerprint density at radius 2 is 1.83 bits per heavy atom. The Kier molecular flexibility index (Phi) is 4.14. The molecule has 3 heterocycles. The number of nitrogens with one attached hydrogen (secondary N) is 1. The second kappa shape index (κ2) is 7.08. The molecule has 0 bridgehead atoms. The van der Waals surface area contributed by atoms with Crippen LogP contribution in [0.3, 0.4) is 0 Å². The fraction of sp³-hybridized carbons (Fsp3) is 0.0476. The highest BCUT2D eigenvalue weighted by atomic mass is 16.5. The number of hydrogen-bond acceptors (Lipinski definition) is 8. The van der Waals surface area contributed by atoms with Gasteiger partial charge in [0.25, 0.3) is 5.71 Å². The molecule has 0 spiro atoms. The summed E-state index contributed by atoms with van der Waals surface area (Å²) in [7, 11) is 1.62. The van der Waals surface area contributed by atoms with Gasteiger partial charge in [-0.2, -0.15) is 4.98 Å². The molecule has 0 aliphatic heterocycles. The predicted molar refractivity (Wildman–Crippen MR) is 107 cm³/mol. The van der Waals surface area contributed by atoms with Crippen LogP contribution in [0.15, 0.2) is 76.2 Å². The molecule has 5 aromatic rings. The van der Waals surface area contributed by atoms with E-state index in [0.717, 1.165) is 22.6 Å². The van der Waals surface area contributed by atoms with Crippen molar-refractivity contribution in [2.45, 2.75) is 0 Å². The number of benzene rings is 2. The molecule has 0 atom stereocenters. The summed E-state index contributed by atoms with van der Waals surface area (Å²) >= 11 is 0. The van der Waals surface area contributed by atoms with Crippen molar-refractivity contribution < 1.29 is 13.8 Å². The van der Waals surface area contributed by atoms with Gasteiger partial charge in [0.2, 0.25) is 0 Å². The highest BCUT2D eigenvalue weighted by Gasteiger charge is 2.17. The summed E-state index contributed by atoms with van der Waals surface area (Å²) in [4.78, 5) is 8.58. The zero-order valence-electron chi connectivity index (χ0n) is 15.4. The van der Waals surface area contributed by atoms with Crippen LogP contribution in [0.2, 0.25) is 0 Å². The molecule has 142 valence electrons. The molecule has 2 aromatic carbocycles. The van der Waals surface area contributed by atoms with Crippen molar-refractivity contribution in [3.8, 4) is 28.3 Å². The van der Waals surface area contributed by atoms with Gasteiger partial charge >= 0.3 is 0 Å². The lowest BCUT2D eigenvalue weighted by Crippen LogP contribution is -1.96. The second-order valence-corrected chi connectivity index (χ2v) is 6.24. The summed E-state index contributed by atoms with van der Waals surface area (Å²) in [5.74, 6) is 2.04. The Bertz CT molecular complexity index is 1260. The summed E-state index contributed by atoms with van der Waals surface area (Å²) in [6, 6.07) is 17.2. The summed E-state index contributed by atoms with van der Waals surface area (Å²) in [5, 5.41) is 11.9. The normalized spacial score (nSPS) is 10.9. The lowest BCUT2D eigenvalue weighted by Gasteiger charge is -2.08. The van der Waals surface area contributed by atoms with Crippen LogP contribution in [0.5, 0.6) is 5.75 Å². The summed E-state index contributed by atoms with van der Waals surface area (Å²) in [6.45, 7) is 0. The number of ether oxygens (including phenoxy) is 1. The topological polar surface area (TPSA) is 99.1 Å². The van der Waals surface area contributed by atoms with Crippen LogP contribution in [0.1, 0.15) is 0 Å². The standard InChI is InChI=1S/C21H15N5O3/c1-27-16-4-2-3-14(11-16)19-18-20(22-12-23-21(18)29-26-19)25-15-7-5-13(6-8-15)17-9-10-24-28-17/h2-12H,1H3,(H,22,23,25). The van der Waals surface area contributed by atoms with E-state index in [9.17, 15) is 0 Å². The van der Waals surface area contributed by atoms with Gasteiger partial charge in [0, 0.05) is 22.9 Å². The maximum Gasteiger partial charge on any atom is 0.263 e. The molecule has 8 heteroatoms. The molecule has 5 rings (SSSR count). The number of rotatable bonds is 5. The molecule has 0 aliphatic rings. The maximum atomic E-state index is 5.42. The van der Waals surface area contributed by atoms with E-state index in [1.807, 2.05) is 54.6 Å². The third-order valence-corrected chi connectivity index (χ3v) is 4.49. The van der Waals surface area contributed by atoms with E-state index in [4.69, 9.17) is 13.8 Å². The van der Waals surface area contributed by atoms with E-state index in [1.54, 1.807) is 13.3 Å². The van der Waals surface area contributed by atoms with Crippen LogP contribution in [0.4, 0.5) is 11.5 Å². The monoisotopic (exact) mass is 385 g/mol. The predicted octanol–water partition coefficient (Wildman–Crippen LogP) is 4.69. The van der Waals surface area contributed by atoms with Crippen LogP contribution in [0.25, 0.3) is 33.7 Å². The lowest BCUT2D eigenvalue weighted by molar-refractivity contribution is 0.415. The molecule has 0 fully saturated rings. The van der Waals surface area contributed by atoms with Gasteiger partial charge in [0.15, 0.2) is 5.76 Å². The maximum absolute atomic E-state index is 5.42. The number of anilines is 2. The molecule has 0 saturated carbocycles. The van der Waals surface area contributed by atoms with Crippen LogP contribution >= 0.6 is 0 Å². The van der Waals surface area contributed by atoms with Crippen LogP contribution < -0.4 is 10.1 Å². The number of aromatic nitrogens is 4. The largest absolute Gasteiger partial charge is 0.497 e. The van der Waals surface area contributed by atoms with Gasteiger partial charge in [0.05, 0.1) is 13.3 Å². The van der Waals surface area contributed by atoms with Crippen LogP contribution in [0, 0.1) is 0 Å². The first-order chi connectivity index (χ1) is 14.3.